The summed E-state index contributed by atoms with van der Waals surface area (Å²) >= 11 is 0. The standard InChI is InChI=1S/C77H132O6/c1-4-7-10-13-16-19-22-25-28-30-32-34-36-38-40-42-44-46-49-52-55-58-61-64-67-70-76(79)82-73-74(72-81-75(78)69-66-63-60-57-54-51-48-27-24-21-18-15-12-9-6-3)83-77(80)71-68-65-62-59-56-53-50-47-45-43-41-39-37-35-33-31-29-26-23-20-17-14-11-8-5-2/h9,12,18,21-23,25-27,30-33,36-39,48,74H,4-8,10-11,13-17,19-20,24,28-29,34-35,40-47,49-73H2,1-3H3/b12-9-,21-18-,25-22-,26-23-,32-30-,33-31-,38-36-,39-37-,48-27-. The number of allylic oxidation sites excluding steroid dienone is 18. The van der Waals surface area contributed by atoms with Gasteiger partial charge in [0, 0.05) is 19.3 Å². The van der Waals surface area contributed by atoms with Crippen molar-refractivity contribution < 1.29 is 28.6 Å². The molecule has 0 aliphatic heterocycles. The van der Waals surface area contributed by atoms with Gasteiger partial charge in [-0.15, -0.1) is 0 Å². The fraction of sp³-hybridized carbons (Fsp3) is 0.727. The Hall–Kier alpha value is -3.93. The van der Waals surface area contributed by atoms with Crippen LogP contribution in [0.3, 0.4) is 0 Å². The van der Waals surface area contributed by atoms with Crippen molar-refractivity contribution in [3.63, 3.8) is 0 Å². The summed E-state index contributed by atoms with van der Waals surface area (Å²) < 4.78 is 17.0. The molecular formula is C77H132O6. The van der Waals surface area contributed by atoms with Crippen LogP contribution in [0, 0.1) is 0 Å². The number of carbonyl (C=O) groups is 3. The molecule has 0 fully saturated rings. The van der Waals surface area contributed by atoms with E-state index in [2.05, 4.69) is 130 Å². The lowest BCUT2D eigenvalue weighted by Crippen LogP contribution is -2.30. The molecule has 1 atom stereocenters. The van der Waals surface area contributed by atoms with Crippen LogP contribution in [0.1, 0.15) is 342 Å². The van der Waals surface area contributed by atoms with Crippen molar-refractivity contribution in [1.29, 1.82) is 0 Å². The van der Waals surface area contributed by atoms with E-state index < -0.39 is 6.10 Å². The molecule has 0 N–H and O–H groups in total. The molecule has 0 radical (unpaired) electrons. The number of rotatable bonds is 64. The molecule has 0 aliphatic rings. The quantitative estimate of drug-likeness (QED) is 0.0261. The van der Waals surface area contributed by atoms with Gasteiger partial charge in [0.15, 0.2) is 6.10 Å². The van der Waals surface area contributed by atoms with Crippen LogP contribution in [-0.4, -0.2) is 37.2 Å². The average Bonchev–Trinajstić information content (AvgIpc) is 3.49. The van der Waals surface area contributed by atoms with E-state index >= 15 is 0 Å². The molecular weight excluding hydrogens is 1020 g/mol. The topological polar surface area (TPSA) is 78.9 Å². The van der Waals surface area contributed by atoms with E-state index in [1.165, 1.54) is 180 Å². The second-order valence-electron chi connectivity index (χ2n) is 23.4. The zero-order chi connectivity index (χ0) is 59.9. The van der Waals surface area contributed by atoms with Gasteiger partial charge in [0.1, 0.15) is 13.2 Å². The van der Waals surface area contributed by atoms with Crippen molar-refractivity contribution in [3.05, 3.63) is 109 Å². The van der Waals surface area contributed by atoms with Gasteiger partial charge in [0.25, 0.3) is 0 Å². The molecule has 6 heteroatoms. The number of hydrogen-bond donors (Lipinski definition) is 0. The fourth-order valence-corrected chi connectivity index (χ4v) is 9.94. The summed E-state index contributed by atoms with van der Waals surface area (Å²) in [6.07, 6.45) is 96.8. The second-order valence-corrected chi connectivity index (χ2v) is 23.4. The third kappa shape index (κ3) is 68.7. The summed E-state index contributed by atoms with van der Waals surface area (Å²) in [5.41, 5.74) is 0. The van der Waals surface area contributed by atoms with E-state index in [4.69, 9.17) is 14.2 Å². The molecule has 0 saturated heterocycles. The maximum absolute atomic E-state index is 13.0. The Kier molecular flexibility index (Phi) is 67.2. The van der Waals surface area contributed by atoms with Gasteiger partial charge in [-0.05, 0) is 128 Å². The summed E-state index contributed by atoms with van der Waals surface area (Å²) in [4.78, 5) is 38.5. The molecule has 83 heavy (non-hydrogen) atoms. The van der Waals surface area contributed by atoms with Crippen molar-refractivity contribution in [2.24, 2.45) is 0 Å². The van der Waals surface area contributed by atoms with Crippen molar-refractivity contribution in [2.75, 3.05) is 13.2 Å². The van der Waals surface area contributed by atoms with Crippen LogP contribution < -0.4 is 0 Å². The van der Waals surface area contributed by atoms with Gasteiger partial charge in [-0.1, -0.05) is 304 Å². The first-order chi connectivity index (χ1) is 41.0. The van der Waals surface area contributed by atoms with Crippen molar-refractivity contribution in [1.82, 2.24) is 0 Å². The number of hydrogen-bond acceptors (Lipinski definition) is 6. The highest BCUT2D eigenvalue weighted by molar-refractivity contribution is 5.71. The summed E-state index contributed by atoms with van der Waals surface area (Å²) in [6.45, 7) is 6.52. The lowest BCUT2D eigenvalue weighted by atomic mass is 10.0. The van der Waals surface area contributed by atoms with Gasteiger partial charge in [0.2, 0.25) is 0 Å². The minimum absolute atomic E-state index is 0.0874. The molecule has 0 bridgehead atoms. The van der Waals surface area contributed by atoms with E-state index in [0.29, 0.717) is 19.3 Å². The van der Waals surface area contributed by atoms with Gasteiger partial charge in [-0.2, -0.15) is 0 Å². The molecule has 1 unspecified atom stereocenters. The van der Waals surface area contributed by atoms with E-state index in [-0.39, 0.29) is 31.1 Å². The minimum Gasteiger partial charge on any atom is -0.462 e. The van der Waals surface area contributed by atoms with Crippen LogP contribution in [0.5, 0.6) is 0 Å². The van der Waals surface area contributed by atoms with Gasteiger partial charge < -0.3 is 14.2 Å². The van der Waals surface area contributed by atoms with Gasteiger partial charge >= 0.3 is 17.9 Å². The number of unbranched alkanes of at least 4 members (excludes halogenated alkanes) is 35. The Bertz CT molecular complexity index is 1660. The lowest BCUT2D eigenvalue weighted by Gasteiger charge is -2.18. The third-order valence-electron chi connectivity index (χ3n) is 15.2. The Balaban J connectivity index is 4.36. The van der Waals surface area contributed by atoms with Crippen LogP contribution in [0.15, 0.2) is 109 Å². The highest BCUT2D eigenvalue weighted by Crippen LogP contribution is 2.16. The summed E-state index contributed by atoms with van der Waals surface area (Å²) in [5, 5.41) is 0. The lowest BCUT2D eigenvalue weighted by molar-refractivity contribution is -0.167. The maximum atomic E-state index is 13.0. The molecule has 0 amide bonds. The molecule has 0 aromatic heterocycles. The largest absolute Gasteiger partial charge is 0.462 e. The van der Waals surface area contributed by atoms with Crippen LogP contribution >= 0.6 is 0 Å². The second kappa shape index (κ2) is 70.6. The highest BCUT2D eigenvalue weighted by atomic mass is 16.6. The summed E-state index contributed by atoms with van der Waals surface area (Å²) in [6, 6.07) is 0. The molecule has 0 saturated carbocycles. The SMILES string of the molecule is CC/C=C\C/C=C\C/C=C\CCCCCCCC(=O)OCC(COC(=O)CCCCCCCCCCCC/C=C\C/C=C\C/C=C\CCCCCCC)OC(=O)CCCCCCCCCCCC/C=C\C/C=C\C/C=C\CCCCCCC. The molecule has 6 nitrogen and oxygen atoms in total. The fourth-order valence-electron chi connectivity index (χ4n) is 9.94. The molecule has 0 rings (SSSR count). The first kappa shape index (κ1) is 79.1. The molecule has 0 aliphatic carbocycles. The predicted octanol–water partition coefficient (Wildman–Crippen LogP) is 24.6. The molecule has 476 valence electrons. The highest BCUT2D eigenvalue weighted by Gasteiger charge is 2.19. The first-order valence-corrected chi connectivity index (χ1v) is 35.4. The molecule has 0 heterocycles. The van der Waals surface area contributed by atoms with E-state index in [1.54, 1.807) is 0 Å². The Labute approximate surface area is 514 Å². The summed E-state index contributed by atoms with van der Waals surface area (Å²) in [5.74, 6) is -0.900. The predicted molar refractivity (Wildman–Crippen MR) is 362 cm³/mol. The molecule has 0 aromatic rings. The maximum Gasteiger partial charge on any atom is 0.306 e. The monoisotopic (exact) mass is 1150 g/mol. The number of ether oxygens (including phenoxy) is 3. The van der Waals surface area contributed by atoms with E-state index in [9.17, 15) is 14.4 Å². The van der Waals surface area contributed by atoms with Crippen molar-refractivity contribution >= 4 is 17.9 Å². The molecule has 0 spiro atoms. The van der Waals surface area contributed by atoms with Crippen molar-refractivity contribution in [3.8, 4) is 0 Å². The first-order valence-electron chi connectivity index (χ1n) is 35.4. The third-order valence-corrected chi connectivity index (χ3v) is 15.2. The van der Waals surface area contributed by atoms with E-state index in [1.807, 2.05) is 0 Å². The number of esters is 3. The van der Waals surface area contributed by atoms with Crippen LogP contribution in [-0.2, 0) is 28.6 Å². The number of carbonyl (C=O) groups excluding carboxylic acids is 3. The zero-order valence-electron chi connectivity index (χ0n) is 54.7. The van der Waals surface area contributed by atoms with Gasteiger partial charge in [-0.25, -0.2) is 0 Å². The summed E-state index contributed by atoms with van der Waals surface area (Å²) in [7, 11) is 0. The normalized spacial score (nSPS) is 12.8. The van der Waals surface area contributed by atoms with Crippen molar-refractivity contribution in [2.45, 2.75) is 348 Å². The molecule has 0 aromatic carbocycles. The van der Waals surface area contributed by atoms with Crippen LogP contribution in [0.2, 0.25) is 0 Å². The van der Waals surface area contributed by atoms with Gasteiger partial charge in [0.05, 0.1) is 0 Å². The van der Waals surface area contributed by atoms with Crippen LogP contribution in [0.4, 0.5) is 0 Å². The minimum atomic E-state index is -0.793. The Morgan fingerprint density at radius 3 is 0.735 bits per heavy atom. The Morgan fingerprint density at radius 1 is 0.253 bits per heavy atom. The van der Waals surface area contributed by atoms with E-state index in [0.717, 1.165) is 122 Å². The zero-order valence-corrected chi connectivity index (χ0v) is 54.7. The van der Waals surface area contributed by atoms with Gasteiger partial charge in [-0.3, -0.25) is 14.4 Å². The Morgan fingerprint density at radius 2 is 0.470 bits per heavy atom. The van der Waals surface area contributed by atoms with Crippen LogP contribution in [0.25, 0.3) is 0 Å². The average molecular weight is 1150 g/mol. The smallest absolute Gasteiger partial charge is 0.306 e.